The summed E-state index contributed by atoms with van der Waals surface area (Å²) < 4.78 is 1.32. The third-order valence-corrected chi connectivity index (χ3v) is 4.13. The van der Waals surface area contributed by atoms with E-state index in [1.807, 2.05) is 0 Å². The van der Waals surface area contributed by atoms with E-state index < -0.39 is 0 Å². The van der Waals surface area contributed by atoms with E-state index in [-0.39, 0.29) is 18.0 Å². The molecule has 0 spiro atoms. The molecule has 0 radical (unpaired) electrons. The van der Waals surface area contributed by atoms with Crippen molar-refractivity contribution in [2.75, 3.05) is 18.0 Å². The van der Waals surface area contributed by atoms with Crippen LogP contribution in [0.1, 0.15) is 18.7 Å². The highest BCUT2D eigenvalue weighted by Crippen LogP contribution is 2.20. The first-order valence-electron chi connectivity index (χ1n) is 7.32. The van der Waals surface area contributed by atoms with Crippen molar-refractivity contribution in [3.8, 4) is 0 Å². The summed E-state index contributed by atoms with van der Waals surface area (Å²) in [6.45, 7) is 5.87. The van der Waals surface area contributed by atoms with Crippen molar-refractivity contribution in [2.45, 2.75) is 20.4 Å². The summed E-state index contributed by atoms with van der Waals surface area (Å²) in [6.07, 6.45) is 4.83. The zero-order valence-corrected chi connectivity index (χ0v) is 13.9. The average Bonchev–Trinajstić information content (AvgIpc) is 2.99. The van der Waals surface area contributed by atoms with Crippen LogP contribution in [0.3, 0.4) is 0 Å². The second kappa shape index (κ2) is 8.23. The Bertz CT molecular complexity index is 733. The van der Waals surface area contributed by atoms with E-state index in [0.29, 0.717) is 0 Å². The molecule has 8 heteroatoms. The number of hydrogen-bond donors (Lipinski definition) is 1. The second-order valence-corrected chi connectivity index (χ2v) is 5.72. The third-order valence-electron chi connectivity index (χ3n) is 3.14. The molecule has 0 aliphatic carbocycles. The van der Waals surface area contributed by atoms with Crippen LogP contribution in [-0.2, 0) is 11.3 Å². The van der Waals surface area contributed by atoms with Crippen molar-refractivity contribution < 1.29 is 4.79 Å². The van der Waals surface area contributed by atoms with E-state index >= 15 is 0 Å². The first-order chi connectivity index (χ1) is 11.1. The molecule has 0 bridgehead atoms. The molecule has 0 fully saturated rings. The number of aromatic nitrogens is 2. The number of hydrogen-bond acceptors (Lipinski definition) is 6. The quantitative estimate of drug-likeness (QED) is 0.612. The summed E-state index contributed by atoms with van der Waals surface area (Å²) in [7, 11) is 0. The van der Waals surface area contributed by atoms with Gasteiger partial charge in [-0.3, -0.25) is 9.59 Å². The number of pyridine rings is 1. The molecule has 0 saturated carbocycles. The van der Waals surface area contributed by atoms with Crippen molar-refractivity contribution in [3.63, 3.8) is 0 Å². The lowest BCUT2D eigenvalue weighted by Gasteiger charge is -2.16. The molecule has 0 aromatic carbocycles. The highest BCUT2D eigenvalue weighted by Gasteiger charge is 2.06. The lowest BCUT2D eigenvalue weighted by Crippen LogP contribution is -2.28. The van der Waals surface area contributed by atoms with E-state index in [4.69, 9.17) is 0 Å². The van der Waals surface area contributed by atoms with Crippen LogP contribution < -0.4 is 15.9 Å². The van der Waals surface area contributed by atoms with Crippen molar-refractivity contribution in [1.29, 1.82) is 0 Å². The molecule has 0 atom stereocenters. The van der Waals surface area contributed by atoms with Gasteiger partial charge in [0, 0.05) is 31.5 Å². The zero-order chi connectivity index (χ0) is 16.7. The number of carbonyl (C=O) groups excluding carboxylic acids is 1. The zero-order valence-electron chi connectivity index (χ0n) is 13.1. The molecule has 23 heavy (non-hydrogen) atoms. The SMILES string of the molecule is CCN(CC)c1ncc(/C=N\NC(=O)Cn2ccccc2=O)s1. The summed E-state index contributed by atoms with van der Waals surface area (Å²) in [5, 5.41) is 4.83. The van der Waals surface area contributed by atoms with Crippen LogP contribution in [0.4, 0.5) is 5.13 Å². The minimum absolute atomic E-state index is 0.0651. The molecule has 2 rings (SSSR count). The van der Waals surface area contributed by atoms with Gasteiger partial charge in [0.15, 0.2) is 5.13 Å². The van der Waals surface area contributed by atoms with Gasteiger partial charge in [0.05, 0.1) is 11.1 Å². The maximum Gasteiger partial charge on any atom is 0.260 e. The Balaban J connectivity index is 1.90. The Morgan fingerprint density at radius 3 is 2.91 bits per heavy atom. The molecule has 122 valence electrons. The van der Waals surface area contributed by atoms with E-state index in [1.165, 1.54) is 22.0 Å². The molecule has 0 aliphatic rings. The van der Waals surface area contributed by atoms with Crippen LogP contribution in [-0.4, -0.2) is 34.8 Å². The number of nitrogens with one attached hydrogen (secondary N) is 1. The fourth-order valence-electron chi connectivity index (χ4n) is 1.93. The Kier molecular flexibility index (Phi) is 6.04. The largest absolute Gasteiger partial charge is 0.349 e. The molecule has 1 amide bonds. The number of thiazole rings is 1. The minimum atomic E-state index is -0.358. The van der Waals surface area contributed by atoms with Crippen LogP contribution in [0, 0.1) is 0 Å². The molecule has 0 aliphatic heterocycles. The normalized spacial score (nSPS) is 10.9. The maximum absolute atomic E-state index is 11.8. The van der Waals surface area contributed by atoms with Gasteiger partial charge in [-0.15, -0.1) is 0 Å². The fraction of sp³-hybridized carbons (Fsp3) is 0.333. The lowest BCUT2D eigenvalue weighted by atomic mass is 10.4. The first kappa shape index (κ1) is 16.9. The number of nitrogens with zero attached hydrogens (tertiary/aromatic N) is 4. The van der Waals surface area contributed by atoms with Crippen LogP contribution in [0.25, 0.3) is 0 Å². The predicted molar refractivity (Wildman–Crippen MR) is 92.1 cm³/mol. The summed E-state index contributed by atoms with van der Waals surface area (Å²) in [6, 6.07) is 4.73. The number of anilines is 1. The summed E-state index contributed by atoms with van der Waals surface area (Å²) >= 11 is 1.51. The van der Waals surface area contributed by atoms with Gasteiger partial charge < -0.3 is 9.47 Å². The number of amides is 1. The molecule has 2 heterocycles. The van der Waals surface area contributed by atoms with Crippen molar-refractivity contribution in [2.24, 2.45) is 5.10 Å². The molecular formula is C15H19N5O2S. The van der Waals surface area contributed by atoms with Crippen molar-refractivity contribution in [1.82, 2.24) is 15.0 Å². The van der Waals surface area contributed by atoms with Crippen LogP contribution in [0.5, 0.6) is 0 Å². The molecule has 1 N–H and O–H groups in total. The minimum Gasteiger partial charge on any atom is -0.349 e. The Hall–Kier alpha value is -2.48. The number of carbonyl (C=O) groups is 1. The fourth-order valence-corrected chi connectivity index (χ4v) is 2.84. The number of hydrazone groups is 1. The Labute approximate surface area is 138 Å². The highest BCUT2D eigenvalue weighted by molar-refractivity contribution is 7.17. The van der Waals surface area contributed by atoms with Gasteiger partial charge in [0.1, 0.15) is 6.54 Å². The molecule has 2 aromatic rings. The summed E-state index contributed by atoms with van der Waals surface area (Å²) in [5.74, 6) is -0.358. The Morgan fingerprint density at radius 1 is 1.43 bits per heavy atom. The predicted octanol–water partition coefficient (Wildman–Crippen LogP) is 1.30. The number of rotatable bonds is 7. The standard InChI is InChI=1S/C15H19N5O2S/c1-3-19(4-2)15-16-9-12(23-15)10-17-18-13(21)11-20-8-6-5-7-14(20)22/h5-10H,3-4,11H2,1-2H3,(H,18,21)/b17-10-. The second-order valence-electron chi connectivity index (χ2n) is 4.68. The van der Waals surface area contributed by atoms with E-state index in [2.05, 4.69) is 34.3 Å². The van der Waals surface area contributed by atoms with Gasteiger partial charge in [-0.25, -0.2) is 10.4 Å². The topological polar surface area (TPSA) is 79.6 Å². The van der Waals surface area contributed by atoms with Gasteiger partial charge in [0.2, 0.25) is 0 Å². The van der Waals surface area contributed by atoms with E-state index in [1.54, 1.807) is 30.7 Å². The maximum atomic E-state index is 11.8. The van der Waals surface area contributed by atoms with Gasteiger partial charge in [-0.1, -0.05) is 17.4 Å². The van der Waals surface area contributed by atoms with Gasteiger partial charge in [0.25, 0.3) is 11.5 Å². The molecular weight excluding hydrogens is 314 g/mol. The van der Waals surface area contributed by atoms with Gasteiger partial charge >= 0.3 is 0 Å². The van der Waals surface area contributed by atoms with Gasteiger partial charge in [-0.2, -0.15) is 5.10 Å². The molecule has 0 unspecified atom stereocenters. The van der Waals surface area contributed by atoms with Crippen LogP contribution in [0.15, 0.2) is 40.5 Å². The van der Waals surface area contributed by atoms with Gasteiger partial charge in [-0.05, 0) is 19.9 Å². The Morgan fingerprint density at radius 2 is 2.22 bits per heavy atom. The lowest BCUT2D eigenvalue weighted by molar-refractivity contribution is -0.121. The summed E-state index contributed by atoms with van der Waals surface area (Å²) in [5.41, 5.74) is 2.19. The van der Waals surface area contributed by atoms with E-state index in [0.717, 1.165) is 23.1 Å². The molecule has 0 saturated heterocycles. The van der Waals surface area contributed by atoms with E-state index in [9.17, 15) is 9.59 Å². The third kappa shape index (κ3) is 4.75. The first-order valence-corrected chi connectivity index (χ1v) is 8.13. The van der Waals surface area contributed by atoms with Crippen molar-refractivity contribution in [3.05, 3.63) is 45.8 Å². The molecule has 2 aromatic heterocycles. The smallest absolute Gasteiger partial charge is 0.260 e. The van der Waals surface area contributed by atoms with Crippen LogP contribution >= 0.6 is 11.3 Å². The average molecular weight is 333 g/mol. The highest BCUT2D eigenvalue weighted by atomic mass is 32.1. The summed E-state index contributed by atoms with van der Waals surface area (Å²) in [4.78, 5) is 30.6. The molecule has 7 nitrogen and oxygen atoms in total. The van der Waals surface area contributed by atoms with Crippen LogP contribution in [0.2, 0.25) is 0 Å². The monoisotopic (exact) mass is 333 g/mol. The van der Waals surface area contributed by atoms with Crippen molar-refractivity contribution >= 4 is 28.6 Å².